The lowest BCUT2D eigenvalue weighted by Crippen LogP contribution is -2.38. The number of rotatable bonds is 5. The Morgan fingerprint density at radius 1 is 1.21 bits per heavy atom. The molecule has 0 spiro atoms. The summed E-state index contributed by atoms with van der Waals surface area (Å²) in [6.45, 7) is 0.203. The second-order valence-electron chi connectivity index (χ2n) is 6.19. The average Bonchev–Trinajstić information content (AvgIpc) is 3.12. The maximum Gasteiger partial charge on any atom is 0.416 e. The minimum absolute atomic E-state index is 0.207. The molecule has 1 amide bonds. The number of alkyl halides is 3. The zero-order valence-corrected chi connectivity index (χ0v) is 15.4. The van der Waals surface area contributed by atoms with Gasteiger partial charge in [0.2, 0.25) is 5.91 Å². The summed E-state index contributed by atoms with van der Waals surface area (Å²) in [5.74, 6) is -0.481. The standard InChI is InChI=1S/C16H13F3N4O5S/c17-16(18,19)10-5-11(22(25)26)15(12(6-10)23(27)28)20-7-14(24)21-3-1-13-9(8-21)2-4-29-13/h2,4-6,20H,1,3,7-8H2. The van der Waals surface area contributed by atoms with E-state index in [1.807, 2.05) is 11.4 Å². The van der Waals surface area contributed by atoms with Crippen LogP contribution >= 0.6 is 11.3 Å². The topological polar surface area (TPSA) is 119 Å². The van der Waals surface area contributed by atoms with Gasteiger partial charge < -0.3 is 10.2 Å². The quantitative estimate of drug-likeness (QED) is 0.572. The lowest BCUT2D eigenvalue weighted by atomic mass is 10.1. The normalized spacial score (nSPS) is 13.7. The van der Waals surface area contributed by atoms with Gasteiger partial charge in [0.1, 0.15) is 0 Å². The van der Waals surface area contributed by atoms with Crippen LogP contribution in [0.2, 0.25) is 0 Å². The molecule has 1 N–H and O–H groups in total. The number of anilines is 1. The van der Waals surface area contributed by atoms with Crippen LogP contribution in [0.5, 0.6) is 0 Å². The number of hydrogen-bond acceptors (Lipinski definition) is 7. The van der Waals surface area contributed by atoms with Crippen LogP contribution in [0, 0.1) is 20.2 Å². The molecule has 2 aromatic rings. The number of hydrogen-bond donors (Lipinski definition) is 1. The lowest BCUT2D eigenvalue weighted by molar-refractivity contribution is -0.392. The molecule has 2 heterocycles. The maximum atomic E-state index is 12.9. The van der Waals surface area contributed by atoms with Gasteiger partial charge in [0.05, 0.1) is 22.0 Å². The van der Waals surface area contributed by atoms with Gasteiger partial charge in [0.15, 0.2) is 5.69 Å². The fourth-order valence-electron chi connectivity index (χ4n) is 2.98. The predicted octanol–water partition coefficient (Wildman–Crippen LogP) is 3.58. The lowest BCUT2D eigenvalue weighted by Gasteiger charge is -2.27. The third-order valence-corrected chi connectivity index (χ3v) is 5.42. The third-order valence-electron chi connectivity index (χ3n) is 4.39. The SMILES string of the molecule is O=C(CNc1c([N+](=O)[O-])cc(C(F)(F)F)cc1[N+](=O)[O-])N1CCc2sccc2C1. The van der Waals surface area contributed by atoms with Crippen LogP contribution < -0.4 is 5.32 Å². The van der Waals surface area contributed by atoms with E-state index >= 15 is 0 Å². The number of halogens is 3. The molecule has 1 aliphatic heterocycles. The Morgan fingerprint density at radius 3 is 2.38 bits per heavy atom. The van der Waals surface area contributed by atoms with Gasteiger partial charge in [0, 0.05) is 30.1 Å². The molecule has 1 aliphatic rings. The molecule has 154 valence electrons. The first kappa shape index (κ1) is 20.5. The summed E-state index contributed by atoms with van der Waals surface area (Å²) in [5.41, 5.74) is -3.54. The summed E-state index contributed by atoms with van der Waals surface area (Å²) in [7, 11) is 0. The fourth-order valence-corrected chi connectivity index (χ4v) is 3.87. The van der Waals surface area contributed by atoms with Gasteiger partial charge in [-0.3, -0.25) is 25.0 Å². The molecule has 0 aliphatic carbocycles. The Labute approximate surface area is 165 Å². The Morgan fingerprint density at radius 2 is 1.83 bits per heavy atom. The van der Waals surface area contributed by atoms with Crippen molar-refractivity contribution in [3.63, 3.8) is 0 Å². The Bertz CT molecular complexity index is 956. The van der Waals surface area contributed by atoms with E-state index in [0.29, 0.717) is 19.5 Å². The van der Waals surface area contributed by atoms with Gasteiger partial charge >= 0.3 is 6.18 Å². The molecular weight excluding hydrogens is 417 g/mol. The zero-order valence-electron chi connectivity index (χ0n) is 14.6. The smallest absolute Gasteiger partial charge is 0.365 e. The summed E-state index contributed by atoms with van der Waals surface area (Å²) < 4.78 is 38.8. The number of benzene rings is 1. The van der Waals surface area contributed by atoms with E-state index in [2.05, 4.69) is 5.32 Å². The van der Waals surface area contributed by atoms with E-state index in [0.717, 1.165) is 10.4 Å². The molecule has 0 bridgehead atoms. The zero-order chi connectivity index (χ0) is 21.3. The average molecular weight is 430 g/mol. The van der Waals surface area contributed by atoms with Crippen LogP contribution in [0.4, 0.5) is 30.2 Å². The van der Waals surface area contributed by atoms with Crippen molar-refractivity contribution in [2.45, 2.75) is 19.1 Å². The van der Waals surface area contributed by atoms with E-state index < -0.39 is 51.1 Å². The molecule has 0 saturated carbocycles. The third kappa shape index (κ3) is 4.29. The van der Waals surface area contributed by atoms with Crippen molar-refractivity contribution in [2.24, 2.45) is 0 Å². The van der Waals surface area contributed by atoms with E-state index in [1.54, 1.807) is 11.3 Å². The highest BCUT2D eigenvalue weighted by Gasteiger charge is 2.38. The predicted molar refractivity (Wildman–Crippen MR) is 96.7 cm³/mol. The van der Waals surface area contributed by atoms with Crippen molar-refractivity contribution in [3.8, 4) is 0 Å². The van der Waals surface area contributed by atoms with Crippen molar-refractivity contribution in [2.75, 3.05) is 18.4 Å². The van der Waals surface area contributed by atoms with Crippen molar-refractivity contribution >= 4 is 34.3 Å². The van der Waals surface area contributed by atoms with Gasteiger partial charge in [0.25, 0.3) is 11.4 Å². The second kappa shape index (κ2) is 7.66. The molecular formula is C16H13F3N4O5S. The number of thiophene rings is 1. The number of carbonyl (C=O) groups excluding carboxylic acids is 1. The summed E-state index contributed by atoms with van der Waals surface area (Å²) in [6.07, 6.45) is -4.37. The fraction of sp³-hybridized carbons (Fsp3) is 0.312. The van der Waals surface area contributed by atoms with Crippen LogP contribution in [-0.4, -0.2) is 33.7 Å². The summed E-state index contributed by atoms with van der Waals surface area (Å²) in [4.78, 5) is 35.2. The van der Waals surface area contributed by atoms with Crippen LogP contribution in [0.1, 0.15) is 16.0 Å². The number of nitrogens with zero attached hydrogens (tertiary/aromatic N) is 3. The second-order valence-corrected chi connectivity index (χ2v) is 7.19. The van der Waals surface area contributed by atoms with Gasteiger partial charge in [-0.1, -0.05) is 0 Å². The number of nitro groups is 2. The Kier molecular flexibility index (Phi) is 5.42. The summed E-state index contributed by atoms with van der Waals surface area (Å²) >= 11 is 1.57. The van der Waals surface area contributed by atoms with E-state index in [1.165, 1.54) is 4.90 Å². The molecule has 29 heavy (non-hydrogen) atoms. The first-order valence-electron chi connectivity index (χ1n) is 8.19. The number of fused-ring (bicyclic) bond motifs is 1. The highest BCUT2D eigenvalue weighted by molar-refractivity contribution is 7.10. The summed E-state index contributed by atoms with van der Waals surface area (Å²) in [6, 6.07) is 2.29. The Hall–Kier alpha value is -3.22. The van der Waals surface area contributed by atoms with E-state index in [9.17, 15) is 38.2 Å². The summed E-state index contributed by atoms with van der Waals surface area (Å²) in [5, 5.41) is 26.6. The van der Waals surface area contributed by atoms with E-state index in [-0.39, 0.29) is 12.1 Å². The number of nitro benzene ring substituents is 2. The van der Waals surface area contributed by atoms with Crippen molar-refractivity contribution in [1.82, 2.24) is 4.90 Å². The van der Waals surface area contributed by atoms with Gasteiger partial charge in [-0.15, -0.1) is 11.3 Å². The van der Waals surface area contributed by atoms with Crippen molar-refractivity contribution < 1.29 is 27.8 Å². The molecule has 0 saturated heterocycles. The van der Waals surface area contributed by atoms with Crippen molar-refractivity contribution in [3.05, 3.63) is 59.8 Å². The molecule has 0 radical (unpaired) electrons. The molecule has 9 nitrogen and oxygen atoms in total. The number of carbonyl (C=O) groups is 1. The molecule has 13 heteroatoms. The Balaban J connectivity index is 1.85. The number of nitrogens with one attached hydrogen (secondary N) is 1. The monoisotopic (exact) mass is 430 g/mol. The molecule has 0 unspecified atom stereocenters. The largest absolute Gasteiger partial charge is 0.416 e. The first-order chi connectivity index (χ1) is 13.6. The molecule has 1 aromatic heterocycles. The molecule has 0 fully saturated rings. The van der Waals surface area contributed by atoms with Crippen molar-refractivity contribution in [1.29, 1.82) is 0 Å². The first-order valence-corrected chi connectivity index (χ1v) is 9.07. The van der Waals surface area contributed by atoms with Gasteiger partial charge in [-0.05, 0) is 23.4 Å². The van der Waals surface area contributed by atoms with Crippen LogP contribution in [0.3, 0.4) is 0 Å². The minimum Gasteiger partial charge on any atom is -0.365 e. The molecule has 3 rings (SSSR count). The maximum absolute atomic E-state index is 12.9. The molecule has 1 aromatic carbocycles. The number of amides is 1. The molecule has 0 atom stereocenters. The van der Waals surface area contributed by atoms with Crippen LogP contribution in [0.15, 0.2) is 23.6 Å². The highest BCUT2D eigenvalue weighted by Crippen LogP contribution is 2.41. The highest BCUT2D eigenvalue weighted by atomic mass is 32.1. The van der Waals surface area contributed by atoms with E-state index in [4.69, 9.17) is 0 Å². The van der Waals surface area contributed by atoms with Crippen LogP contribution in [0.25, 0.3) is 0 Å². The van der Waals surface area contributed by atoms with Gasteiger partial charge in [-0.25, -0.2) is 0 Å². The minimum atomic E-state index is -5.00. The van der Waals surface area contributed by atoms with Crippen LogP contribution in [-0.2, 0) is 23.9 Å². The van der Waals surface area contributed by atoms with Gasteiger partial charge in [-0.2, -0.15) is 13.2 Å².